The first-order valence-corrected chi connectivity index (χ1v) is 11.1. The Morgan fingerprint density at radius 3 is 2.60 bits per heavy atom. The number of pyridine rings is 1. The molecular weight excluding hydrogens is 460 g/mol. The normalized spacial score (nSPS) is 18.7. The molecule has 3 aromatic rings. The minimum Gasteiger partial charge on any atom is -0.383 e. The third-order valence-electron chi connectivity index (χ3n) is 5.65. The van der Waals surface area contributed by atoms with Crippen LogP contribution in [0.3, 0.4) is 0 Å². The van der Waals surface area contributed by atoms with E-state index in [0.717, 1.165) is 22.4 Å². The molecule has 30 heavy (non-hydrogen) atoms. The van der Waals surface area contributed by atoms with Crippen LogP contribution in [0.2, 0.25) is 0 Å². The number of hydrogen-bond acceptors (Lipinski definition) is 3. The second kappa shape index (κ2) is 8.88. The molecule has 0 bridgehead atoms. The van der Waals surface area contributed by atoms with Gasteiger partial charge in [-0.2, -0.15) is 0 Å². The van der Waals surface area contributed by atoms with Crippen molar-refractivity contribution in [1.82, 2.24) is 14.9 Å². The SMILES string of the molecule is COCCn1c(C)cc([C@@H]2[C@@H](c3ccccn3)NC(=S)N2c2ccc(Br)cc2)c1C. The molecule has 2 atom stereocenters. The van der Waals surface area contributed by atoms with E-state index in [9.17, 15) is 0 Å². The fourth-order valence-electron chi connectivity index (χ4n) is 4.20. The summed E-state index contributed by atoms with van der Waals surface area (Å²) in [5.74, 6) is 0. The van der Waals surface area contributed by atoms with E-state index in [4.69, 9.17) is 17.0 Å². The Labute approximate surface area is 191 Å². The molecule has 0 unspecified atom stereocenters. The van der Waals surface area contributed by atoms with Crippen LogP contribution in [0.5, 0.6) is 0 Å². The molecule has 1 fully saturated rings. The first-order valence-electron chi connectivity index (χ1n) is 9.93. The van der Waals surface area contributed by atoms with E-state index < -0.39 is 0 Å². The summed E-state index contributed by atoms with van der Waals surface area (Å²) in [4.78, 5) is 6.85. The van der Waals surface area contributed by atoms with Gasteiger partial charge in [0.2, 0.25) is 0 Å². The smallest absolute Gasteiger partial charge is 0.174 e. The quantitative estimate of drug-likeness (QED) is 0.493. The summed E-state index contributed by atoms with van der Waals surface area (Å²) in [7, 11) is 1.74. The van der Waals surface area contributed by atoms with Crippen LogP contribution in [0.15, 0.2) is 59.2 Å². The predicted molar refractivity (Wildman–Crippen MR) is 128 cm³/mol. The zero-order valence-electron chi connectivity index (χ0n) is 17.3. The number of halogens is 1. The highest BCUT2D eigenvalue weighted by Crippen LogP contribution is 2.43. The van der Waals surface area contributed by atoms with Gasteiger partial charge in [0, 0.05) is 41.4 Å². The molecule has 5 nitrogen and oxygen atoms in total. The number of benzene rings is 1. The Morgan fingerprint density at radius 1 is 1.17 bits per heavy atom. The van der Waals surface area contributed by atoms with Crippen LogP contribution in [0.1, 0.15) is 34.7 Å². The average molecular weight is 485 g/mol. The van der Waals surface area contributed by atoms with Gasteiger partial charge in [0.15, 0.2) is 5.11 Å². The zero-order chi connectivity index (χ0) is 21.3. The van der Waals surface area contributed by atoms with Crippen molar-refractivity contribution in [3.8, 4) is 0 Å². The van der Waals surface area contributed by atoms with Crippen LogP contribution in [0.25, 0.3) is 0 Å². The lowest BCUT2D eigenvalue weighted by Crippen LogP contribution is -2.29. The van der Waals surface area contributed by atoms with Gasteiger partial charge in [-0.3, -0.25) is 4.98 Å². The summed E-state index contributed by atoms with van der Waals surface area (Å²) in [6.45, 7) is 5.82. The van der Waals surface area contributed by atoms with E-state index in [0.29, 0.717) is 11.7 Å². The largest absolute Gasteiger partial charge is 0.383 e. The summed E-state index contributed by atoms with van der Waals surface area (Å²) in [6.07, 6.45) is 1.83. The number of aromatic nitrogens is 2. The number of nitrogens with zero attached hydrogens (tertiary/aromatic N) is 3. The fraction of sp³-hybridized carbons (Fsp3) is 0.304. The number of anilines is 1. The summed E-state index contributed by atoms with van der Waals surface area (Å²) in [6, 6.07) is 16.5. The van der Waals surface area contributed by atoms with Gasteiger partial charge < -0.3 is 19.5 Å². The van der Waals surface area contributed by atoms with Crippen molar-refractivity contribution < 1.29 is 4.74 Å². The van der Waals surface area contributed by atoms with Crippen LogP contribution in [-0.4, -0.2) is 28.4 Å². The molecule has 2 aromatic heterocycles. The molecule has 0 spiro atoms. The predicted octanol–water partition coefficient (Wildman–Crippen LogP) is 5.09. The van der Waals surface area contributed by atoms with Crippen LogP contribution >= 0.6 is 28.1 Å². The van der Waals surface area contributed by atoms with E-state index in [-0.39, 0.29) is 12.1 Å². The number of rotatable bonds is 6. The first kappa shape index (κ1) is 21.0. The monoisotopic (exact) mass is 484 g/mol. The van der Waals surface area contributed by atoms with Crippen molar-refractivity contribution in [2.24, 2.45) is 0 Å². The molecule has 1 aliphatic rings. The number of nitrogens with one attached hydrogen (secondary N) is 1. The summed E-state index contributed by atoms with van der Waals surface area (Å²) >= 11 is 9.35. The Kier molecular flexibility index (Phi) is 6.22. The van der Waals surface area contributed by atoms with Crippen LogP contribution in [-0.2, 0) is 11.3 Å². The second-order valence-corrected chi connectivity index (χ2v) is 8.75. The summed E-state index contributed by atoms with van der Waals surface area (Å²) < 4.78 is 8.68. The molecule has 1 aromatic carbocycles. The third-order valence-corrected chi connectivity index (χ3v) is 6.50. The lowest BCUT2D eigenvalue weighted by Gasteiger charge is -2.28. The molecule has 7 heteroatoms. The van der Waals surface area contributed by atoms with Gasteiger partial charge >= 0.3 is 0 Å². The van der Waals surface area contributed by atoms with Gasteiger partial charge in [0.05, 0.1) is 24.4 Å². The Hall–Kier alpha value is -2.22. The molecule has 0 radical (unpaired) electrons. The number of aryl methyl sites for hydroxylation is 1. The van der Waals surface area contributed by atoms with Gasteiger partial charge in [-0.15, -0.1) is 0 Å². The van der Waals surface area contributed by atoms with Crippen molar-refractivity contribution in [3.05, 3.63) is 81.8 Å². The molecule has 4 rings (SSSR count). The lowest BCUT2D eigenvalue weighted by atomic mass is 9.96. The Bertz CT molecular complexity index is 1040. The second-order valence-electron chi connectivity index (χ2n) is 7.44. The molecule has 0 aliphatic carbocycles. The van der Waals surface area contributed by atoms with Crippen molar-refractivity contribution in [1.29, 1.82) is 0 Å². The average Bonchev–Trinajstić information content (AvgIpc) is 3.23. The fourth-order valence-corrected chi connectivity index (χ4v) is 4.81. The van der Waals surface area contributed by atoms with Crippen molar-refractivity contribution in [3.63, 3.8) is 0 Å². The number of thiocarbonyl (C=S) groups is 1. The van der Waals surface area contributed by atoms with Crippen LogP contribution in [0, 0.1) is 13.8 Å². The van der Waals surface area contributed by atoms with E-state index in [1.165, 1.54) is 17.0 Å². The Morgan fingerprint density at radius 2 is 1.93 bits per heavy atom. The summed E-state index contributed by atoms with van der Waals surface area (Å²) in [5.41, 5.74) is 5.72. The van der Waals surface area contributed by atoms with E-state index in [1.807, 2.05) is 30.5 Å². The van der Waals surface area contributed by atoms with Gasteiger partial charge in [-0.1, -0.05) is 22.0 Å². The zero-order valence-corrected chi connectivity index (χ0v) is 19.7. The topological polar surface area (TPSA) is 42.3 Å². The molecule has 1 N–H and O–H groups in total. The first-order chi connectivity index (χ1) is 14.5. The van der Waals surface area contributed by atoms with Crippen LogP contribution in [0.4, 0.5) is 5.69 Å². The van der Waals surface area contributed by atoms with Gasteiger partial charge in [0.25, 0.3) is 0 Å². The lowest BCUT2D eigenvalue weighted by molar-refractivity contribution is 0.186. The molecule has 0 saturated carbocycles. The standard InChI is InChI=1S/C23H25BrN4OS/c1-15-14-19(16(2)27(15)12-13-29-3)22-21(20-6-4-5-11-25-20)26-23(30)28(22)18-9-7-17(24)8-10-18/h4-11,14,21-22H,12-13H2,1-3H3,(H,26,30)/t21-,22-/m1/s1. The number of ether oxygens (including phenoxy) is 1. The van der Waals surface area contributed by atoms with Gasteiger partial charge in [0.1, 0.15) is 0 Å². The third kappa shape index (κ3) is 3.89. The van der Waals surface area contributed by atoms with Crippen molar-refractivity contribution >= 4 is 38.9 Å². The van der Waals surface area contributed by atoms with Gasteiger partial charge in [-0.25, -0.2) is 0 Å². The minimum absolute atomic E-state index is 0.00364. The van der Waals surface area contributed by atoms with E-state index >= 15 is 0 Å². The molecule has 1 saturated heterocycles. The highest BCUT2D eigenvalue weighted by atomic mass is 79.9. The van der Waals surface area contributed by atoms with Crippen molar-refractivity contribution in [2.45, 2.75) is 32.5 Å². The highest BCUT2D eigenvalue weighted by Gasteiger charge is 2.42. The number of hydrogen-bond donors (Lipinski definition) is 1. The van der Waals surface area contributed by atoms with Gasteiger partial charge in [-0.05, 0) is 74.1 Å². The Balaban J connectivity index is 1.83. The molecule has 1 aliphatic heterocycles. The maximum absolute atomic E-state index is 5.81. The molecule has 3 heterocycles. The maximum atomic E-state index is 5.81. The maximum Gasteiger partial charge on any atom is 0.174 e. The summed E-state index contributed by atoms with van der Waals surface area (Å²) in [5, 5.41) is 4.24. The minimum atomic E-state index is -0.0429. The van der Waals surface area contributed by atoms with E-state index in [1.54, 1.807) is 7.11 Å². The highest BCUT2D eigenvalue weighted by molar-refractivity contribution is 9.10. The molecule has 156 valence electrons. The van der Waals surface area contributed by atoms with E-state index in [2.05, 4.69) is 73.8 Å². The molecular formula is C23H25BrN4OS. The van der Waals surface area contributed by atoms with Crippen molar-refractivity contribution in [2.75, 3.05) is 18.6 Å². The molecule has 0 amide bonds. The van der Waals surface area contributed by atoms with Crippen LogP contribution < -0.4 is 10.2 Å². The number of methoxy groups -OCH3 is 1.